The van der Waals surface area contributed by atoms with E-state index in [1.54, 1.807) is 6.07 Å². The molecule has 0 bridgehead atoms. The van der Waals surface area contributed by atoms with Gasteiger partial charge < -0.3 is 14.7 Å². The van der Waals surface area contributed by atoms with E-state index in [0.29, 0.717) is 30.1 Å². The molecule has 9 heteroatoms. The highest BCUT2D eigenvalue weighted by molar-refractivity contribution is 8.00. The Labute approximate surface area is 191 Å². The number of carbonyl (C=O) groups excluding carboxylic acids is 1. The monoisotopic (exact) mass is 466 g/mol. The Morgan fingerprint density at radius 3 is 2.94 bits per heavy atom. The van der Waals surface area contributed by atoms with Crippen LogP contribution in [0.25, 0.3) is 21.9 Å². The summed E-state index contributed by atoms with van der Waals surface area (Å²) in [6.45, 7) is 2.35. The lowest BCUT2D eigenvalue weighted by Gasteiger charge is -2.05. The number of halogens is 1. The number of furan rings is 1. The smallest absolute Gasteiger partial charge is 0.287 e. The molecule has 0 saturated carbocycles. The van der Waals surface area contributed by atoms with Gasteiger partial charge in [-0.05, 0) is 43.2 Å². The molecule has 2 N–H and O–H groups in total. The van der Waals surface area contributed by atoms with Gasteiger partial charge in [0.05, 0.1) is 0 Å². The largest absolute Gasteiger partial charge is 0.451 e. The van der Waals surface area contributed by atoms with Crippen molar-refractivity contribution in [1.29, 1.82) is 0 Å². The van der Waals surface area contributed by atoms with Crippen LogP contribution < -0.4 is 5.32 Å². The third-order valence-corrected chi connectivity index (χ3v) is 7.16. The SMILES string of the molecule is Cc1nnc(SCc2c(C(=O)NCCc3c[nH]c4cc(F)ccc34)oc3ccccc23)s1. The molecule has 0 aliphatic carbocycles. The van der Waals surface area contributed by atoms with Crippen LogP contribution in [0.15, 0.2) is 57.4 Å². The maximum atomic E-state index is 13.4. The van der Waals surface area contributed by atoms with E-state index in [4.69, 9.17) is 4.42 Å². The number of H-pyrrole nitrogens is 1. The fourth-order valence-electron chi connectivity index (χ4n) is 3.65. The van der Waals surface area contributed by atoms with E-state index in [1.807, 2.05) is 37.4 Å². The minimum atomic E-state index is -0.279. The summed E-state index contributed by atoms with van der Waals surface area (Å²) < 4.78 is 20.2. The van der Waals surface area contributed by atoms with Gasteiger partial charge in [-0.1, -0.05) is 41.3 Å². The van der Waals surface area contributed by atoms with Crippen LogP contribution >= 0.6 is 23.1 Å². The van der Waals surface area contributed by atoms with E-state index in [0.717, 1.165) is 36.8 Å². The number of aromatic nitrogens is 3. The van der Waals surface area contributed by atoms with E-state index in [-0.39, 0.29) is 11.7 Å². The first-order valence-corrected chi connectivity index (χ1v) is 11.9. The first-order valence-electron chi connectivity index (χ1n) is 10.1. The predicted molar refractivity (Wildman–Crippen MR) is 125 cm³/mol. The van der Waals surface area contributed by atoms with Crippen LogP contribution in [0.2, 0.25) is 0 Å². The molecule has 5 rings (SSSR count). The molecule has 0 fully saturated rings. The lowest BCUT2D eigenvalue weighted by Crippen LogP contribution is -2.26. The number of nitrogens with one attached hydrogen (secondary N) is 2. The molecule has 3 heterocycles. The van der Waals surface area contributed by atoms with E-state index >= 15 is 0 Å². The van der Waals surface area contributed by atoms with Crippen LogP contribution in [0, 0.1) is 12.7 Å². The summed E-state index contributed by atoms with van der Waals surface area (Å²) in [5.41, 5.74) is 3.29. The van der Waals surface area contributed by atoms with Gasteiger partial charge in [0.2, 0.25) is 0 Å². The molecule has 0 spiro atoms. The second-order valence-electron chi connectivity index (χ2n) is 7.29. The van der Waals surface area contributed by atoms with Crippen LogP contribution in [0.5, 0.6) is 0 Å². The molecule has 0 aliphatic rings. The first kappa shape index (κ1) is 20.7. The van der Waals surface area contributed by atoms with Crippen molar-refractivity contribution in [3.63, 3.8) is 0 Å². The first-order chi connectivity index (χ1) is 15.6. The topological polar surface area (TPSA) is 83.8 Å². The summed E-state index contributed by atoms with van der Waals surface area (Å²) in [6.07, 6.45) is 2.47. The van der Waals surface area contributed by atoms with Crippen molar-refractivity contribution >= 4 is 50.9 Å². The highest BCUT2D eigenvalue weighted by Gasteiger charge is 2.21. The van der Waals surface area contributed by atoms with Gasteiger partial charge in [-0.25, -0.2) is 4.39 Å². The number of carbonyl (C=O) groups is 1. The molecular formula is C23H19FN4O2S2. The minimum Gasteiger partial charge on any atom is -0.451 e. The van der Waals surface area contributed by atoms with Crippen LogP contribution in [-0.4, -0.2) is 27.6 Å². The molecular weight excluding hydrogens is 447 g/mol. The Bertz CT molecular complexity index is 1420. The fourth-order valence-corrected chi connectivity index (χ4v) is 5.50. The van der Waals surface area contributed by atoms with Crippen molar-refractivity contribution < 1.29 is 13.6 Å². The van der Waals surface area contributed by atoms with Crippen molar-refractivity contribution in [3.8, 4) is 0 Å². The number of hydrogen-bond donors (Lipinski definition) is 2. The highest BCUT2D eigenvalue weighted by Crippen LogP contribution is 2.33. The standard InChI is InChI=1S/C23H19FN4O2S2/c1-13-27-28-23(32-13)31-12-18-17-4-2-3-5-20(17)30-21(18)22(29)25-9-8-14-11-26-19-10-15(24)6-7-16(14)19/h2-7,10-11,26H,8-9,12H2,1H3,(H,25,29). The highest BCUT2D eigenvalue weighted by atomic mass is 32.2. The Hall–Kier alpha value is -3.17. The van der Waals surface area contributed by atoms with Gasteiger partial charge in [0.1, 0.15) is 16.4 Å². The van der Waals surface area contributed by atoms with Gasteiger partial charge in [-0.3, -0.25) is 4.79 Å². The van der Waals surface area contributed by atoms with Gasteiger partial charge in [0.15, 0.2) is 10.1 Å². The van der Waals surface area contributed by atoms with Crippen LogP contribution in [0.4, 0.5) is 4.39 Å². The number of fused-ring (bicyclic) bond motifs is 2. The summed E-state index contributed by atoms with van der Waals surface area (Å²) in [5.74, 6) is 0.345. The summed E-state index contributed by atoms with van der Waals surface area (Å²) in [7, 11) is 0. The van der Waals surface area contributed by atoms with Gasteiger partial charge in [-0.2, -0.15) is 0 Å². The number of aryl methyl sites for hydroxylation is 1. The summed E-state index contributed by atoms with van der Waals surface area (Å²) >= 11 is 3.07. The van der Waals surface area contributed by atoms with Crippen molar-refractivity contribution in [2.75, 3.05) is 6.54 Å². The zero-order valence-corrected chi connectivity index (χ0v) is 18.8. The quantitative estimate of drug-likeness (QED) is 0.311. The maximum absolute atomic E-state index is 13.4. The van der Waals surface area contributed by atoms with E-state index in [2.05, 4.69) is 20.5 Å². The molecule has 32 heavy (non-hydrogen) atoms. The van der Waals surface area contributed by atoms with Crippen LogP contribution in [0.1, 0.15) is 26.7 Å². The third kappa shape index (κ3) is 4.13. The molecule has 0 saturated heterocycles. The summed E-state index contributed by atoms with van der Waals surface area (Å²) in [5, 5.41) is 13.9. The molecule has 5 aromatic rings. The molecule has 0 atom stereocenters. The van der Waals surface area contributed by atoms with Gasteiger partial charge in [0.25, 0.3) is 5.91 Å². The molecule has 1 amide bonds. The van der Waals surface area contributed by atoms with E-state index in [1.165, 1.54) is 35.2 Å². The lowest BCUT2D eigenvalue weighted by atomic mass is 10.1. The number of benzene rings is 2. The average molecular weight is 467 g/mol. The molecule has 162 valence electrons. The second kappa shape index (κ2) is 8.76. The van der Waals surface area contributed by atoms with Crippen molar-refractivity contribution in [1.82, 2.24) is 20.5 Å². The van der Waals surface area contributed by atoms with Gasteiger partial charge in [0, 0.05) is 40.3 Å². The lowest BCUT2D eigenvalue weighted by molar-refractivity contribution is 0.0927. The van der Waals surface area contributed by atoms with Crippen molar-refractivity contribution in [2.24, 2.45) is 0 Å². The maximum Gasteiger partial charge on any atom is 0.287 e. The van der Waals surface area contributed by atoms with E-state index in [9.17, 15) is 9.18 Å². The number of rotatable bonds is 7. The average Bonchev–Trinajstić information content (AvgIpc) is 3.49. The normalized spacial score (nSPS) is 11.4. The van der Waals surface area contributed by atoms with Gasteiger partial charge in [-0.15, -0.1) is 10.2 Å². The number of nitrogens with zero attached hydrogens (tertiary/aromatic N) is 2. The Balaban J connectivity index is 1.32. The third-order valence-electron chi connectivity index (χ3n) is 5.16. The van der Waals surface area contributed by atoms with Crippen LogP contribution in [0.3, 0.4) is 0 Å². The molecule has 0 unspecified atom stereocenters. The number of thioether (sulfide) groups is 1. The summed E-state index contributed by atoms with van der Waals surface area (Å²) in [4.78, 5) is 16.1. The molecule has 2 aromatic carbocycles. The zero-order valence-electron chi connectivity index (χ0n) is 17.1. The molecule has 6 nitrogen and oxygen atoms in total. The second-order valence-corrected chi connectivity index (χ2v) is 9.70. The Morgan fingerprint density at radius 2 is 2.09 bits per heavy atom. The Morgan fingerprint density at radius 1 is 1.22 bits per heavy atom. The van der Waals surface area contributed by atoms with Gasteiger partial charge >= 0.3 is 0 Å². The fraction of sp³-hybridized carbons (Fsp3) is 0.174. The minimum absolute atomic E-state index is 0.254. The number of hydrogen-bond acceptors (Lipinski definition) is 6. The number of aromatic amines is 1. The molecule has 3 aromatic heterocycles. The number of para-hydroxylation sites is 1. The zero-order chi connectivity index (χ0) is 22.1. The van der Waals surface area contributed by atoms with E-state index < -0.39 is 0 Å². The number of amides is 1. The Kier molecular flexibility index (Phi) is 5.67. The summed E-state index contributed by atoms with van der Waals surface area (Å²) in [6, 6.07) is 12.3. The van der Waals surface area contributed by atoms with Crippen molar-refractivity contribution in [3.05, 3.63) is 76.4 Å². The van der Waals surface area contributed by atoms with Crippen molar-refractivity contribution in [2.45, 2.75) is 23.4 Å². The van der Waals surface area contributed by atoms with Crippen LogP contribution in [-0.2, 0) is 12.2 Å². The molecule has 0 aliphatic heterocycles. The predicted octanol–water partition coefficient (Wildman–Crippen LogP) is 5.48. The molecule has 0 radical (unpaired) electrons.